The van der Waals surface area contributed by atoms with Crippen LogP contribution in [0.2, 0.25) is 0 Å². The van der Waals surface area contributed by atoms with E-state index in [0.29, 0.717) is 6.04 Å². The lowest BCUT2D eigenvalue weighted by Crippen LogP contribution is -2.43. The van der Waals surface area contributed by atoms with Gasteiger partial charge in [0.15, 0.2) is 0 Å². The van der Waals surface area contributed by atoms with Crippen LogP contribution in [-0.4, -0.2) is 29.1 Å². The minimum Gasteiger partial charge on any atom is -0.305 e. The van der Waals surface area contributed by atoms with E-state index in [-0.39, 0.29) is 0 Å². The molecule has 0 aromatic heterocycles. The van der Waals surface area contributed by atoms with Crippen LogP contribution in [0.1, 0.15) is 33.6 Å². The van der Waals surface area contributed by atoms with Crippen LogP contribution < -0.4 is 0 Å². The van der Waals surface area contributed by atoms with Gasteiger partial charge >= 0.3 is 0 Å². The van der Waals surface area contributed by atoms with Crippen LogP contribution in [0, 0.1) is 0 Å². The van der Waals surface area contributed by atoms with Crippen molar-refractivity contribution in [2.75, 3.05) is 13.1 Å². The number of nitrogens with zero attached hydrogens (tertiary/aromatic N) is 2. The minimum absolute atomic E-state index is 0.555. The highest BCUT2D eigenvalue weighted by Crippen LogP contribution is 2.34. The number of hydrogen-bond acceptors (Lipinski definition) is 2. The molecule has 2 heteroatoms. The van der Waals surface area contributed by atoms with E-state index in [2.05, 4.69) is 55.2 Å². The van der Waals surface area contributed by atoms with Gasteiger partial charge in [-0.2, -0.15) is 0 Å². The second-order valence-electron chi connectivity index (χ2n) is 4.32. The van der Waals surface area contributed by atoms with Gasteiger partial charge in [-0.3, -0.25) is 0 Å². The molecule has 1 unspecified atom stereocenters. The third-order valence-corrected chi connectivity index (χ3v) is 3.50. The molecule has 0 saturated heterocycles. The van der Waals surface area contributed by atoms with Crippen LogP contribution in [0.4, 0.5) is 0 Å². The van der Waals surface area contributed by atoms with Crippen LogP contribution in [0.25, 0.3) is 0 Å². The van der Waals surface area contributed by atoms with E-state index >= 15 is 0 Å². The van der Waals surface area contributed by atoms with Crippen molar-refractivity contribution >= 4 is 0 Å². The summed E-state index contributed by atoms with van der Waals surface area (Å²) in [7, 11) is 0. The zero-order valence-electron chi connectivity index (χ0n) is 10.6. The SMILES string of the molecule is CCC1C2=CCC=CC2=CN1N(CC)CC. The summed E-state index contributed by atoms with van der Waals surface area (Å²) >= 11 is 0. The van der Waals surface area contributed by atoms with Gasteiger partial charge in [0.1, 0.15) is 0 Å². The van der Waals surface area contributed by atoms with Gasteiger partial charge < -0.3 is 5.01 Å². The molecule has 0 fully saturated rings. The quantitative estimate of drug-likeness (QED) is 0.715. The predicted molar refractivity (Wildman–Crippen MR) is 68.8 cm³/mol. The molecule has 16 heavy (non-hydrogen) atoms. The smallest absolute Gasteiger partial charge is 0.0700 e. The summed E-state index contributed by atoms with van der Waals surface area (Å²) in [6.45, 7) is 8.88. The summed E-state index contributed by atoms with van der Waals surface area (Å²) in [6, 6.07) is 0.555. The number of hydrogen-bond donors (Lipinski definition) is 0. The predicted octanol–water partition coefficient (Wildman–Crippen LogP) is 3.11. The van der Waals surface area contributed by atoms with Gasteiger partial charge in [0, 0.05) is 19.3 Å². The number of fused-ring (bicyclic) bond motifs is 1. The standard InChI is InChI=1S/C14H22N2/c1-4-14-13-10-8-7-9-12(13)11-16(14)15(5-2)6-3/h7,9-11,14H,4-6,8H2,1-3H3. The highest BCUT2D eigenvalue weighted by molar-refractivity contribution is 5.49. The lowest BCUT2D eigenvalue weighted by Gasteiger charge is -2.35. The van der Waals surface area contributed by atoms with Gasteiger partial charge in [-0.25, -0.2) is 5.01 Å². The molecule has 0 N–H and O–H groups in total. The lowest BCUT2D eigenvalue weighted by atomic mass is 9.96. The normalized spacial score (nSPS) is 23.5. The van der Waals surface area contributed by atoms with E-state index in [4.69, 9.17) is 0 Å². The van der Waals surface area contributed by atoms with E-state index in [1.54, 1.807) is 0 Å². The van der Waals surface area contributed by atoms with Gasteiger partial charge in [-0.15, -0.1) is 0 Å². The zero-order valence-corrected chi connectivity index (χ0v) is 10.6. The molecular weight excluding hydrogens is 196 g/mol. The summed E-state index contributed by atoms with van der Waals surface area (Å²) in [6.07, 6.45) is 11.5. The highest BCUT2D eigenvalue weighted by atomic mass is 15.6. The molecular formula is C14H22N2. The van der Waals surface area contributed by atoms with E-state index in [1.165, 1.54) is 17.6 Å². The fourth-order valence-corrected chi connectivity index (χ4v) is 2.66. The van der Waals surface area contributed by atoms with Crippen molar-refractivity contribution in [2.45, 2.75) is 39.7 Å². The lowest BCUT2D eigenvalue weighted by molar-refractivity contribution is 0.0120. The fourth-order valence-electron chi connectivity index (χ4n) is 2.66. The maximum atomic E-state index is 2.43. The molecule has 0 radical (unpaired) electrons. The van der Waals surface area contributed by atoms with E-state index in [0.717, 1.165) is 19.5 Å². The molecule has 1 aliphatic heterocycles. The van der Waals surface area contributed by atoms with Crippen molar-refractivity contribution in [2.24, 2.45) is 0 Å². The third-order valence-electron chi connectivity index (χ3n) is 3.50. The topological polar surface area (TPSA) is 6.48 Å². The molecule has 2 aliphatic rings. The van der Waals surface area contributed by atoms with Crippen molar-refractivity contribution in [1.29, 1.82) is 0 Å². The first-order chi connectivity index (χ1) is 7.81. The average Bonchev–Trinajstić information content (AvgIpc) is 2.69. The molecule has 1 aliphatic carbocycles. The maximum absolute atomic E-state index is 2.43. The Labute approximate surface area is 98.9 Å². The van der Waals surface area contributed by atoms with Gasteiger partial charge in [0.25, 0.3) is 0 Å². The monoisotopic (exact) mass is 218 g/mol. The Bertz CT molecular complexity index is 335. The molecule has 0 spiro atoms. The van der Waals surface area contributed by atoms with Crippen molar-refractivity contribution in [3.63, 3.8) is 0 Å². The van der Waals surface area contributed by atoms with Crippen LogP contribution in [0.3, 0.4) is 0 Å². The molecule has 0 saturated carbocycles. The molecule has 0 aromatic rings. The molecule has 2 nitrogen and oxygen atoms in total. The van der Waals surface area contributed by atoms with Crippen molar-refractivity contribution in [3.05, 3.63) is 35.6 Å². The number of allylic oxidation sites excluding steroid dienone is 3. The Kier molecular flexibility index (Phi) is 3.49. The summed E-state index contributed by atoms with van der Waals surface area (Å²) in [5, 5.41) is 4.84. The summed E-state index contributed by atoms with van der Waals surface area (Å²) in [5.74, 6) is 0. The first-order valence-corrected chi connectivity index (χ1v) is 6.43. The number of rotatable bonds is 4. The van der Waals surface area contributed by atoms with Crippen LogP contribution in [-0.2, 0) is 0 Å². The maximum Gasteiger partial charge on any atom is 0.0700 e. The minimum atomic E-state index is 0.555. The molecule has 1 heterocycles. The molecule has 2 rings (SSSR count). The first kappa shape index (κ1) is 11.5. The average molecular weight is 218 g/mol. The van der Waals surface area contributed by atoms with Crippen LogP contribution in [0.15, 0.2) is 35.6 Å². The molecule has 0 aromatic carbocycles. The Morgan fingerprint density at radius 3 is 2.69 bits per heavy atom. The fraction of sp³-hybridized carbons (Fsp3) is 0.571. The van der Waals surface area contributed by atoms with E-state index in [9.17, 15) is 0 Å². The Balaban J connectivity index is 2.26. The second kappa shape index (κ2) is 4.88. The number of hydrazine groups is 1. The van der Waals surface area contributed by atoms with Gasteiger partial charge in [0.2, 0.25) is 0 Å². The van der Waals surface area contributed by atoms with Gasteiger partial charge in [-0.05, 0) is 24.0 Å². The van der Waals surface area contributed by atoms with Crippen molar-refractivity contribution in [1.82, 2.24) is 10.0 Å². The van der Waals surface area contributed by atoms with Crippen LogP contribution >= 0.6 is 0 Å². The first-order valence-electron chi connectivity index (χ1n) is 6.43. The Morgan fingerprint density at radius 2 is 2.06 bits per heavy atom. The Morgan fingerprint density at radius 1 is 1.31 bits per heavy atom. The van der Waals surface area contributed by atoms with Gasteiger partial charge in [0.05, 0.1) is 6.04 Å². The van der Waals surface area contributed by atoms with E-state index in [1.807, 2.05) is 0 Å². The van der Waals surface area contributed by atoms with Crippen molar-refractivity contribution in [3.8, 4) is 0 Å². The molecule has 1 atom stereocenters. The van der Waals surface area contributed by atoms with Crippen molar-refractivity contribution < 1.29 is 0 Å². The summed E-state index contributed by atoms with van der Waals surface area (Å²) in [4.78, 5) is 0. The molecule has 88 valence electrons. The largest absolute Gasteiger partial charge is 0.305 e. The summed E-state index contributed by atoms with van der Waals surface area (Å²) in [5.41, 5.74) is 2.93. The summed E-state index contributed by atoms with van der Waals surface area (Å²) < 4.78 is 0. The van der Waals surface area contributed by atoms with E-state index < -0.39 is 0 Å². The third kappa shape index (κ3) is 1.82. The second-order valence-corrected chi connectivity index (χ2v) is 4.32. The van der Waals surface area contributed by atoms with Gasteiger partial charge in [-0.1, -0.05) is 39.0 Å². The Hall–Kier alpha value is -1.02. The van der Waals surface area contributed by atoms with Crippen LogP contribution in [0.5, 0.6) is 0 Å². The zero-order chi connectivity index (χ0) is 11.5. The molecule has 0 bridgehead atoms. The highest BCUT2D eigenvalue weighted by Gasteiger charge is 2.30. The molecule has 0 amide bonds.